The zero-order valence-corrected chi connectivity index (χ0v) is 12.8. The van der Waals surface area contributed by atoms with Crippen LogP contribution in [-0.4, -0.2) is 31.0 Å². The molecule has 0 aromatic heterocycles. The van der Waals surface area contributed by atoms with Crippen molar-refractivity contribution in [1.29, 1.82) is 0 Å². The Morgan fingerprint density at radius 1 is 1.40 bits per heavy atom. The number of hydrogen-bond donors (Lipinski definition) is 2. The van der Waals surface area contributed by atoms with Crippen molar-refractivity contribution in [1.82, 2.24) is 0 Å². The van der Waals surface area contributed by atoms with Crippen molar-refractivity contribution in [2.75, 3.05) is 25.1 Å². The maximum Gasteiger partial charge on any atom is 0.147 e. The van der Waals surface area contributed by atoms with Crippen LogP contribution in [0.1, 0.15) is 26.7 Å². The largest absolute Gasteiger partial charge is 0.389 e. The number of anilines is 1. The molecule has 0 amide bonds. The molecule has 0 saturated heterocycles. The lowest BCUT2D eigenvalue weighted by atomic mass is 10.1. The van der Waals surface area contributed by atoms with E-state index in [2.05, 4.69) is 19.2 Å². The fourth-order valence-electron chi connectivity index (χ4n) is 1.73. The monoisotopic (exact) mass is 303 g/mol. The van der Waals surface area contributed by atoms with Crippen LogP contribution in [0, 0.1) is 11.7 Å². The van der Waals surface area contributed by atoms with Gasteiger partial charge in [-0.1, -0.05) is 25.4 Å². The molecule has 0 bridgehead atoms. The zero-order valence-electron chi connectivity index (χ0n) is 12.0. The molecule has 3 nitrogen and oxygen atoms in total. The fraction of sp³-hybridized carbons (Fsp3) is 0.600. The van der Waals surface area contributed by atoms with Gasteiger partial charge in [0.05, 0.1) is 18.4 Å². The minimum atomic E-state index is -0.663. The molecule has 1 aromatic carbocycles. The van der Waals surface area contributed by atoms with E-state index in [1.54, 1.807) is 12.1 Å². The number of halogens is 2. The lowest BCUT2D eigenvalue weighted by molar-refractivity contribution is 0.0409. The highest BCUT2D eigenvalue weighted by molar-refractivity contribution is 6.30. The Morgan fingerprint density at radius 3 is 2.80 bits per heavy atom. The summed E-state index contributed by atoms with van der Waals surface area (Å²) in [6, 6.07) is 4.38. The van der Waals surface area contributed by atoms with Gasteiger partial charge in [-0.15, -0.1) is 0 Å². The minimum Gasteiger partial charge on any atom is -0.389 e. The normalized spacial score (nSPS) is 12.7. The predicted octanol–water partition coefficient (Wildman–Crippen LogP) is 3.70. The van der Waals surface area contributed by atoms with Gasteiger partial charge in [0.2, 0.25) is 0 Å². The van der Waals surface area contributed by atoms with E-state index < -0.39 is 11.9 Å². The first-order valence-electron chi connectivity index (χ1n) is 6.93. The van der Waals surface area contributed by atoms with E-state index in [0.29, 0.717) is 23.2 Å². The highest BCUT2D eigenvalue weighted by atomic mass is 35.5. The molecular formula is C15H23ClFNO2. The highest BCUT2D eigenvalue weighted by Gasteiger charge is 2.07. The van der Waals surface area contributed by atoms with E-state index >= 15 is 0 Å². The Kier molecular flexibility index (Phi) is 7.88. The van der Waals surface area contributed by atoms with Crippen molar-refractivity contribution in [3.63, 3.8) is 0 Å². The molecule has 1 aromatic rings. The zero-order chi connectivity index (χ0) is 15.0. The van der Waals surface area contributed by atoms with E-state index in [1.165, 1.54) is 6.07 Å². The molecule has 0 aliphatic carbocycles. The van der Waals surface area contributed by atoms with E-state index in [-0.39, 0.29) is 13.2 Å². The summed E-state index contributed by atoms with van der Waals surface area (Å²) in [7, 11) is 0. The molecule has 0 aliphatic heterocycles. The molecular weight excluding hydrogens is 281 g/mol. The molecule has 0 saturated carbocycles. The van der Waals surface area contributed by atoms with Crippen LogP contribution in [0.2, 0.25) is 5.02 Å². The van der Waals surface area contributed by atoms with Gasteiger partial charge in [-0.25, -0.2) is 4.39 Å². The van der Waals surface area contributed by atoms with Crippen molar-refractivity contribution in [3.05, 3.63) is 29.0 Å². The Labute approximate surface area is 125 Å². The minimum absolute atomic E-state index is 0.239. The Hall–Kier alpha value is -0.840. The van der Waals surface area contributed by atoms with Gasteiger partial charge in [-0.2, -0.15) is 0 Å². The predicted molar refractivity (Wildman–Crippen MR) is 80.8 cm³/mol. The smallest absolute Gasteiger partial charge is 0.147 e. The molecule has 1 unspecified atom stereocenters. The quantitative estimate of drug-likeness (QED) is 0.683. The van der Waals surface area contributed by atoms with Crippen molar-refractivity contribution < 1.29 is 14.2 Å². The summed E-state index contributed by atoms with van der Waals surface area (Å²) in [6.07, 6.45) is 1.44. The third-order valence-electron chi connectivity index (χ3n) is 2.84. The summed E-state index contributed by atoms with van der Waals surface area (Å²) in [5.74, 6) is 0.237. The molecule has 2 N–H and O–H groups in total. The van der Waals surface area contributed by atoms with Gasteiger partial charge in [-0.05, 0) is 37.0 Å². The average molecular weight is 304 g/mol. The van der Waals surface area contributed by atoms with Crippen molar-refractivity contribution in [3.8, 4) is 0 Å². The van der Waals surface area contributed by atoms with Gasteiger partial charge in [0.1, 0.15) is 5.82 Å². The topological polar surface area (TPSA) is 41.5 Å². The van der Waals surface area contributed by atoms with Crippen LogP contribution in [0.3, 0.4) is 0 Å². The van der Waals surface area contributed by atoms with Gasteiger partial charge < -0.3 is 15.2 Å². The summed E-state index contributed by atoms with van der Waals surface area (Å²) in [5, 5.41) is 12.9. The van der Waals surface area contributed by atoms with E-state index in [9.17, 15) is 9.50 Å². The molecule has 0 radical (unpaired) electrons. The van der Waals surface area contributed by atoms with E-state index in [0.717, 1.165) is 12.8 Å². The molecule has 5 heteroatoms. The van der Waals surface area contributed by atoms with Gasteiger partial charge in [0, 0.05) is 18.2 Å². The number of aliphatic hydroxyl groups is 1. The van der Waals surface area contributed by atoms with Gasteiger partial charge in [-0.3, -0.25) is 0 Å². The van der Waals surface area contributed by atoms with E-state index in [4.69, 9.17) is 16.3 Å². The van der Waals surface area contributed by atoms with Gasteiger partial charge >= 0.3 is 0 Å². The van der Waals surface area contributed by atoms with Crippen LogP contribution >= 0.6 is 11.6 Å². The maximum absolute atomic E-state index is 13.5. The average Bonchev–Trinajstić information content (AvgIpc) is 2.37. The SMILES string of the molecule is CC(C)CCCOCC(O)CNc1ccc(Cl)cc1F. The summed E-state index contributed by atoms with van der Waals surface area (Å²) >= 11 is 5.66. The second-order valence-electron chi connectivity index (χ2n) is 5.27. The molecule has 114 valence electrons. The maximum atomic E-state index is 13.5. The second kappa shape index (κ2) is 9.16. The Morgan fingerprint density at radius 2 is 2.15 bits per heavy atom. The van der Waals surface area contributed by atoms with Gasteiger partial charge in [0.25, 0.3) is 0 Å². The van der Waals surface area contributed by atoms with Crippen LogP contribution in [0.15, 0.2) is 18.2 Å². The van der Waals surface area contributed by atoms with Crippen molar-refractivity contribution in [2.24, 2.45) is 5.92 Å². The molecule has 0 spiro atoms. The van der Waals surface area contributed by atoms with Crippen LogP contribution in [0.5, 0.6) is 0 Å². The van der Waals surface area contributed by atoms with Crippen LogP contribution < -0.4 is 5.32 Å². The summed E-state index contributed by atoms with van der Waals surface area (Å²) in [6.45, 7) is 5.46. The molecule has 0 fully saturated rings. The van der Waals surface area contributed by atoms with E-state index in [1.807, 2.05) is 0 Å². The number of benzene rings is 1. The second-order valence-corrected chi connectivity index (χ2v) is 5.71. The lowest BCUT2D eigenvalue weighted by Gasteiger charge is -2.14. The number of nitrogens with one attached hydrogen (secondary N) is 1. The van der Waals surface area contributed by atoms with Crippen LogP contribution in [0.4, 0.5) is 10.1 Å². The van der Waals surface area contributed by atoms with Crippen molar-refractivity contribution >= 4 is 17.3 Å². The molecule has 1 rings (SSSR count). The summed E-state index contributed by atoms with van der Waals surface area (Å²) < 4.78 is 18.8. The number of ether oxygens (including phenoxy) is 1. The highest BCUT2D eigenvalue weighted by Crippen LogP contribution is 2.18. The van der Waals surface area contributed by atoms with Crippen LogP contribution in [-0.2, 0) is 4.74 Å². The molecule has 1 atom stereocenters. The molecule has 0 aliphatic rings. The summed E-state index contributed by atoms with van der Waals surface area (Å²) in [5.41, 5.74) is 0.327. The van der Waals surface area contributed by atoms with Crippen LogP contribution in [0.25, 0.3) is 0 Å². The molecule has 20 heavy (non-hydrogen) atoms. The standard InChI is InChI=1S/C15H23ClFNO2/c1-11(2)4-3-7-20-10-13(19)9-18-15-6-5-12(16)8-14(15)17/h5-6,8,11,13,18-19H,3-4,7,9-10H2,1-2H3. The number of aliphatic hydroxyl groups excluding tert-OH is 1. The number of rotatable bonds is 9. The first-order valence-corrected chi connectivity index (χ1v) is 7.31. The Balaban J connectivity index is 2.18. The summed E-state index contributed by atoms with van der Waals surface area (Å²) in [4.78, 5) is 0. The third-order valence-corrected chi connectivity index (χ3v) is 3.07. The molecule has 0 heterocycles. The lowest BCUT2D eigenvalue weighted by Crippen LogP contribution is -2.25. The Bertz CT molecular complexity index is 401. The van der Waals surface area contributed by atoms with Crippen molar-refractivity contribution in [2.45, 2.75) is 32.8 Å². The number of hydrogen-bond acceptors (Lipinski definition) is 3. The fourth-order valence-corrected chi connectivity index (χ4v) is 1.89. The third kappa shape index (κ3) is 7.08. The first kappa shape index (κ1) is 17.2. The first-order chi connectivity index (χ1) is 9.49. The van der Waals surface area contributed by atoms with Gasteiger partial charge in [0.15, 0.2) is 0 Å².